The maximum absolute atomic E-state index is 13.6. The number of oxazole rings is 1. The Morgan fingerprint density at radius 2 is 1.92 bits per heavy atom. The van der Waals surface area contributed by atoms with E-state index in [4.69, 9.17) is 16.0 Å². The first-order valence-electron chi connectivity index (χ1n) is 11.1. The van der Waals surface area contributed by atoms with Crippen LogP contribution in [0.15, 0.2) is 53.2 Å². The number of hydrogen-bond donors (Lipinski definition) is 0. The number of piperidine rings is 1. The number of anilines is 1. The molecule has 2 fully saturated rings. The number of ether oxygens (including phenoxy) is 1. The molecule has 1 amide bonds. The van der Waals surface area contributed by atoms with Crippen molar-refractivity contribution in [2.24, 2.45) is 5.92 Å². The second kappa shape index (κ2) is 8.40. The second-order valence-corrected chi connectivity index (χ2v) is 9.11. The summed E-state index contributed by atoms with van der Waals surface area (Å²) in [5.41, 5.74) is 1.51. The van der Waals surface area contributed by atoms with Gasteiger partial charge in [0.05, 0.1) is 29.7 Å². The van der Waals surface area contributed by atoms with Crippen molar-refractivity contribution in [1.82, 2.24) is 24.9 Å². The number of benzene rings is 2. The number of nitrogens with zero attached hydrogens (tertiary/aromatic N) is 6. The highest BCUT2D eigenvalue weighted by Gasteiger charge is 2.46. The minimum atomic E-state index is -4.89. The van der Waals surface area contributed by atoms with Crippen LogP contribution < -0.4 is 9.64 Å². The van der Waals surface area contributed by atoms with Crippen LogP contribution in [0.2, 0.25) is 5.02 Å². The Hall–Kier alpha value is -3.80. The number of amides is 1. The standard InChI is InChI=1S/C23H18ClF3N6O3/c24-14-1-4-20-17(9-14)30-22(35-20)32-11-13-5-8-31(12-19(13)32)21(34)16-10-15(36-23(25,26)27)2-3-18(16)33-28-6-7-29-33/h1-4,6-7,9-10,13,19H,5,8,11-12H2/t13-,19-/m0/s1. The number of carbonyl (C=O) groups is 1. The van der Waals surface area contributed by atoms with Gasteiger partial charge in [0.25, 0.3) is 11.9 Å². The highest BCUT2D eigenvalue weighted by Crippen LogP contribution is 2.38. The van der Waals surface area contributed by atoms with E-state index >= 15 is 0 Å². The number of alkyl halides is 3. The van der Waals surface area contributed by atoms with Crippen LogP contribution in [0.1, 0.15) is 16.8 Å². The van der Waals surface area contributed by atoms with E-state index in [1.54, 1.807) is 23.1 Å². The summed E-state index contributed by atoms with van der Waals surface area (Å²) in [7, 11) is 0. The molecule has 2 aromatic heterocycles. The van der Waals surface area contributed by atoms with E-state index in [9.17, 15) is 18.0 Å². The maximum atomic E-state index is 13.6. The molecule has 0 N–H and O–H groups in total. The van der Waals surface area contributed by atoms with E-state index in [0.29, 0.717) is 41.1 Å². The maximum Gasteiger partial charge on any atom is 0.573 e. The van der Waals surface area contributed by atoms with Gasteiger partial charge in [-0.05, 0) is 42.8 Å². The van der Waals surface area contributed by atoms with Gasteiger partial charge in [-0.2, -0.15) is 20.0 Å². The predicted octanol–water partition coefficient (Wildman–Crippen LogP) is 4.31. The molecule has 0 aliphatic carbocycles. The molecule has 36 heavy (non-hydrogen) atoms. The lowest BCUT2D eigenvalue weighted by molar-refractivity contribution is -0.274. The number of carbonyl (C=O) groups excluding carboxylic acids is 1. The smallest absolute Gasteiger partial charge is 0.423 e. The molecular formula is C23H18ClF3N6O3. The number of fused-ring (bicyclic) bond motifs is 2. The van der Waals surface area contributed by atoms with Gasteiger partial charge in [0, 0.05) is 30.6 Å². The molecule has 9 nitrogen and oxygen atoms in total. The van der Waals surface area contributed by atoms with Crippen molar-refractivity contribution in [2.75, 3.05) is 24.5 Å². The van der Waals surface area contributed by atoms with Gasteiger partial charge in [-0.25, -0.2) is 0 Å². The minimum Gasteiger partial charge on any atom is -0.423 e. The van der Waals surface area contributed by atoms with E-state index in [2.05, 4.69) is 19.9 Å². The number of rotatable bonds is 4. The zero-order valence-corrected chi connectivity index (χ0v) is 19.3. The summed E-state index contributed by atoms with van der Waals surface area (Å²) in [4.78, 5) is 22.9. The molecule has 0 unspecified atom stereocenters. The summed E-state index contributed by atoms with van der Waals surface area (Å²) in [6.07, 6.45) is -1.31. The normalized spacial score (nSPS) is 19.8. The molecule has 186 valence electrons. The van der Waals surface area contributed by atoms with Crippen molar-refractivity contribution < 1.29 is 27.1 Å². The summed E-state index contributed by atoms with van der Waals surface area (Å²) in [5, 5.41) is 8.61. The number of hydrogen-bond acceptors (Lipinski definition) is 7. The zero-order chi connectivity index (χ0) is 25.0. The highest BCUT2D eigenvalue weighted by atomic mass is 35.5. The summed E-state index contributed by atoms with van der Waals surface area (Å²) in [5.74, 6) is -0.587. The molecule has 0 saturated carbocycles. The molecule has 2 aliphatic rings. The lowest BCUT2D eigenvalue weighted by Crippen LogP contribution is -2.65. The summed E-state index contributed by atoms with van der Waals surface area (Å²) < 4.78 is 48.4. The SMILES string of the molecule is O=C(c1cc(OC(F)(F)F)ccc1-n1nccn1)N1CC[C@H]2CN(c3nc4cc(Cl)ccc4o3)[C@H]2C1. The van der Waals surface area contributed by atoms with Crippen LogP contribution in [0.3, 0.4) is 0 Å². The molecule has 2 saturated heterocycles. The van der Waals surface area contributed by atoms with Gasteiger partial charge >= 0.3 is 6.36 Å². The van der Waals surface area contributed by atoms with E-state index in [1.165, 1.54) is 23.3 Å². The number of halogens is 4. The molecule has 4 aromatic rings. The lowest BCUT2D eigenvalue weighted by Gasteiger charge is -2.52. The lowest BCUT2D eigenvalue weighted by atomic mass is 9.82. The van der Waals surface area contributed by atoms with Crippen LogP contribution in [0.25, 0.3) is 16.8 Å². The topological polar surface area (TPSA) is 89.5 Å². The predicted molar refractivity (Wildman–Crippen MR) is 122 cm³/mol. The minimum absolute atomic E-state index is 0.00813. The number of aromatic nitrogens is 4. The molecule has 6 rings (SSSR count). The molecule has 13 heteroatoms. The van der Waals surface area contributed by atoms with Crippen LogP contribution >= 0.6 is 11.6 Å². The Balaban J connectivity index is 1.27. The fraction of sp³-hybridized carbons (Fsp3) is 0.304. The fourth-order valence-electron chi connectivity index (χ4n) is 4.78. The van der Waals surface area contributed by atoms with Crippen LogP contribution in [0, 0.1) is 5.92 Å². The first-order chi connectivity index (χ1) is 17.2. The second-order valence-electron chi connectivity index (χ2n) is 8.67. The third-order valence-corrected chi connectivity index (χ3v) is 6.73. The van der Waals surface area contributed by atoms with Gasteiger partial charge < -0.3 is 19.0 Å². The van der Waals surface area contributed by atoms with Gasteiger partial charge in [-0.1, -0.05) is 11.6 Å². The average molecular weight is 519 g/mol. The molecule has 0 radical (unpaired) electrons. The van der Waals surface area contributed by atoms with Gasteiger partial charge in [0.15, 0.2) is 5.58 Å². The molecule has 2 atom stereocenters. The Morgan fingerprint density at radius 3 is 2.69 bits per heavy atom. The van der Waals surface area contributed by atoms with Crippen LogP contribution in [0.5, 0.6) is 5.75 Å². The van der Waals surface area contributed by atoms with E-state index in [0.717, 1.165) is 25.1 Å². The van der Waals surface area contributed by atoms with Crippen molar-refractivity contribution in [3.63, 3.8) is 0 Å². The number of likely N-dealkylation sites (tertiary alicyclic amines) is 1. The van der Waals surface area contributed by atoms with E-state index in [1.807, 2.05) is 4.90 Å². The Kier molecular flexibility index (Phi) is 5.29. The van der Waals surface area contributed by atoms with Gasteiger partial charge in [-0.3, -0.25) is 4.79 Å². The third-order valence-electron chi connectivity index (χ3n) is 6.49. The largest absolute Gasteiger partial charge is 0.573 e. The van der Waals surface area contributed by atoms with E-state index < -0.39 is 18.0 Å². The zero-order valence-electron chi connectivity index (χ0n) is 18.5. The van der Waals surface area contributed by atoms with Crippen molar-refractivity contribution in [3.05, 3.63) is 59.4 Å². The third kappa shape index (κ3) is 4.11. The molecule has 0 spiro atoms. The van der Waals surface area contributed by atoms with Crippen LogP contribution in [0.4, 0.5) is 19.2 Å². The Bertz CT molecular complexity index is 1440. The van der Waals surface area contributed by atoms with Crippen molar-refractivity contribution in [2.45, 2.75) is 18.8 Å². The van der Waals surface area contributed by atoms with Crippen molar-refractivity contribution >= 4 is 34.6 Å². The summed E-state index contributed by atoms with van der Waals surface area (Å²) >= 11 is 6.05. The molecule has 2 aliphatic heterocycles. The monoisotopic (exact) mass is 518 g/mol. The van der Waals surface area contributed by atoms with Crippen molar-refractivity contribution in [3.8, 4) is 11.4 Å². The van der Waals surface area contributed by atoms with Gasteiger partial charge in [0.1, 0.15) is 11.3 Å². The fourth-order valence-corrected chi connectivity index (χ4v) is 4.95. The Morgan fingerprint density at radius 1 is 1.11 bits per heavy atom. The molecule has 0 bridgehead atoms. The molecular weight excluding hydrogens is 501 g/mol. The molecule has 2 aromatic carbocycles. The van der Waals surface area contributed by atoms with Crippen LogP contribution in [-0.2, 0) is 0 Å². The van der Waals surface area contributed by atoms with Gasteiger partial charge in [0.2, 0.25) is 0 Å². The first-order valence-corrected chi connectivity index (χ1v) is 11.5. The molecule has 4 heterocycles. The van der Waals surface area contributed by atoms with Crippen LogP contribution in [-0.4, -0.2) is 62.8 Å². The quantitative estimate of drug-likeness (QED) is 0.397. The highest BCUT2D eigenvalue weighted by molar-refractivity contribution is 6.31. The van der Waals surface area contributed by atoms with Gasteiger partial charge in [-0.15, -0.1) is 13.2 Å². The first kappa shape index (κ1) is 22.7. The summed E-state index contributed by atoms with van der Waals surface area (Å²) in [6.45, 7) is 1.57. The Labute approximate surface area is 207 Å². The summed E-state index contributed by atoms with van der Waals surface area (Å²) in [6, 6.07) is 9.15. The average Bonchev–Trinajstić information content (AvgIpc) is 3.48. The van der Waals surface area contributed by atoms with E-state index in [-0.39, 0.29) is 17.3 Å². The van der Waals surface area contributed by atoms with Crippen molar-refractivity contribution in [1.29, 1.82) is 0 Å².